The summed E-state index contributed by atoms with van der Waals surface area (Å²) in [6, 6.07) is 3.76. The van der Waals surface area contributed by atoms with Gasteiger partial charge in [0.05, 0.1) is 5.69 Å². The lowest BCUT2D eigenvalue weighted by atomic mass is 10.00. The number of nitrogens with two attached hydrogens (primary N) is 1. The third kappa shape index (κ3) is 4.55. The highest BCUT2D eigenvalue weighted by Crippen LogP contribution is 2.27. The minimum atomic E-state index is -0.0373. The molecule has 0 aliphatic heterocycles. The lowest BCUT2D eigenvalue weighted by molar-refractivity contribution is -0.117. The lowest BCUT2D eigenvalue weighted by Gasteiger charge is -2.14. The molecule has 136 valence electrons. The van der Waals surface area contributed by atoms with Gasteiger partial charge in [-0.05, 0) is 30.7 Å². The SMILES string of the molecule is CC(C)c1cc(NC(=O)C[C@@H]2CCC[C@H]2N)n(-c2ncccn2)n1.Cl. The molecule has 2 atom stereocenters. The molecule has 1 aliphatic carbocycles. The summed E-state index contributed by atoms with van der Waals surface area (Å²) in [5.41, 5.74) is 6.95. The molecule has 1 amide bonds. The van der Waals surface area contributed by atoms with Gasteiger partial charge in [-0.1, -0.05) is 20.3 Å². The number of rotatable bonds is 5. The van der Waals surface area contributed by atoms with E-state index in [2.05, 4.69) is 34.2 Å². The molecule has 0 bridgehead atoms. The van der Waals surface area contributed by atoms with E-state index in [0.717, 1.165) is 25.0 Å². The van der Waals surface area contributed by atoms with Crippen molar-refractivity contribution < 1.29 is 4.79 Å². The number of aromatic nitrogens is 4. The second-order valence-electron chi connectivity index (χ2n) is 6.68. The van der Waals surface area contributed by atoms with Crippen molar-refractivity contribution in [2.45, 2.75) is 51.5 Å². The van der Waals surface area contributed by atoms with Crippen molar-refractivity contribution in [3.05, 3.63) is 30.2 Å². The fourth-order valence-electron chi connectivity index (χ4n) is 3.07. The minimum absolute atomic E-state index is 0. The Labute approximate surface area is 153 Å². The summed E-state index contributed by atoms with van der Waals surface area (Å²) in [5.74, 6) is 1.51. The molecule has 1 fully saturated rings. The van der Waals surface area contributed by atoms with Gasteiger partial charge in [0, 0.05) is 30.9 Å². The van der Waals surface area contributed by atoms with Crippen LogP contribution in [0.25, 0.3) is 5.95 Å². The number of hydrogen-bond acceptors (Lipinski definition) is 5. The average molecular weight is 365 g/mol. The van der Waals surface area contributed by atoms with Gasteiger partial charge in [0.25, 0.3) is 5.95 Å². The molecule has 2 heterocycles. The van der Waals surface area contributed by atoms with Crippen LogP contribution in [-0.2, 0) is 4.79 Å². The van der Waals surface area contributed by atoms with Gasteiger partial charge in [0.1, 0.15) is 5.82 Å². The van der Waals surface area contributed by atoms with Crippen LogP contribution in [-0.4, -0.2) is 31.7 Å². The van der Waals surface area contributed by atoms with Gasteiger partial charge in [-0.15, -0.1) is 12.4 Å². The molecule has 25 heavy (non-hydrogen) atoms. The highest BCUT2D eigenvalue weighted by atomic mass is 35.5. The maximum atomic E-state index is 12.4. The molecule has 0 saturated heterocycles. The smallest absolute Gasteiger partial charge is 0.252 e. The van der Waals surface area contributed by atoms with Gasteiger partial charge in [0.2, 0.25) is 5.91 Å². The molecular formula is C17H25ClN6O. The zero-order valence-corrected chi connectivity index (χ0v) is 15.4. The summed E-state index contributed by atoms with van der Waals surface area (Å²) >= 11 is 0. The molecule has 7 nitrogen and oxygen atoms in total. The summed E-state index contributed by atoms with van der Waals surface area (Å²) in [6.07, 6.45) is 6.88. The second kappa shape index (κ2) is 8.40. The summed E-state index contributed by atoms with van der Waals surface area (Å²) in [4.78, 5) is 20.9. The van der Waals surface area contributed by atoms with Crippen LogP contribution in [0.4, 0.5) is 5.82 Å². The number of hydrogen-bond donors (Lipinski definition) is 2. The number of nitrogens with zero attached hydrogens (tertiary/aromatic N) is 4. The molecular weight excluding hydrogens is 340 g/mol. The van der Waals surface area contributed by atoms with Crippen LogP contribution < -0.4 is 11.1 Å². The number of amides is 1. The van der Waals surface area contributed by atoms with E-state index in [-0.39, 0.29) is 36.2 Å². The largest absolute Gasteiger partial charge is 0.327 e. The zero-order chi connectivity index (χ0) is 17.1. The van der Waals surface area contributed by atoms with Crippen molar-refractivity contribution in [2.75, 3.05) is 5.32 Å². The lowest BCUT2D eigenvalue weighted by Crippen LogP contribution is -2.28. The van der Waals surface area contributed by atoms with Gasteiger partial charge < -0.3 is 11.1 Å². The van der Waals surface area contributed by atoms with Crippen molar-refractivity contribution in [2.24, 2.45) is 11.7 Å². The summed E-state index contributed by atoms with van der Waals surface area (Å²) in [7, 11) is 0. The minimum Gasteiger partial charge on any atom is -0.327 e. The van der Waals surface area contributed by atoms with Crippen molar-refractivity contribution in [3.8, 4) is 5.95 Å². The summed E-state index contributed by atoms with van der Waals surface area (Å²) < 4.78 is 1.59. The van der Waals surface area contributed by atoms with E-state index >= 15 is 0 Å². The Morgan fingerprint density at radius 2 is 2.08 bits per heavy atom. The highest BCUT2D eigenvalue weighted by molar-refractivity contribution is 5.90. The molecule has 0 radical (unpaired) electrons. The first-order valence-electron chi connectivity index (χ1n) is 8.47. The van der Waals surface area contributed by atoms with Crippen LogP contribution in [0.2, 0.25) is 0 Å². The van der Waals surface area contributed by atoms with E-state index in [1.807, 2.05) is 6.07 Å². The third-order valence-electron chi connectivity index (χ3n) is 4.49. The Morgan fingerprint density at radius 3 is 2.68 bits per heavy atom. The first-order chi connectivity index (χ1) is 11.5. The van der Waals surface area contributed by atoms with Crippen molar-refractivity contribution in [1.82, 2.24) is 19.7 Å². The van der Waals surface area contributed by atoms with Crippen molar-refractivity contribution >= 4 is 24.1 Å². The maximum absolute atomic E-state index is 12.4. The predicted octanol–water partition coefficient (Wildman–Crippen LogP) is 2.66. The monoisotopic (exact) mass is 364 g/mol. The van der Waals surface area contributed by atoms with Gasteiger partial charge in [-0.2, -0.15) is 9.78 Å². The normalized spacial score (nSPS) is 19.7. The fraction of sp³-hybridized carbons (Fsp3) is 0.529. The molecule has 2 aromatic rings. The van der Waals surface area contributed by atoms with Crippen LogP contribution in [0, 0.1) is 5.92 Å². The Balaban J connectivity index is 0.00000225. The predicted molar refractivity (Wildman–Crippen MR) is 99.1 cm³/mol. The molecule has 0 spiro atoms. The maximum Gasteiger partial charge on any atom is 0.252 e. The first-order valence-corrected chi connectivity index (χ1v) is 8.47. The molecule has 3 N–H and O–H groups in total. The highest BCUT2D eigenvalue weighted by Gasteiger charge is 2.26. The Bertz CT molecular complexity index is 702. The zero-order valence-electron chi connectivity index (χ0n) is 14.6. The first kappa shape index (κ1) is 19.3. The Morgan fingerprint density at radius 1 is 1.36 bits per heavy atom. The van der Waals surface area contributed by atoms with Gasteiger partial charge in [-0.25, -0.2) is 9.97 Å². The molecule has 8 heteroatoms. The van der Waals surface area contributed by atoms with Crippen LogP contribution in [0.5, 0.6) is 0 Å². The van der Waals surface area contributed by atoms with Gasteiger partial charge in [-0.3, -0.25) is 4.79 Å². The Kier molecular flexibility index (Phi) is 6.50. The molecule has 0 unspecified atom stereocenters. The van der Waals surface area contributed by atoms with Crippen LogP contribution in [0.3, 0.4) is 0 Å². The summed E-state index contributed by atoms with van der Waals surface area (Å²) in [5, 5.41) is 7.49. The quantitative estimate of drug-likeness (QED) is 0.849. The third-order valence-corrected chi connectivity index (χ3v) is 4.49. The number of halogens is 1. The van der Waals surface area contributed by atoms with Crippen LogP contribution in [0.15, 0.2) is 24.5 Å². The Hall–Kier alpha value is -1.99. The number of carbonyl (C=O) groups is 1. The van der Waals surface area contributed by atoms with E-state index in [9.17, 15) is 4.79 Å². The van der Waals surface area contributed by atoms with E-state index in [0.29, 0.717) is 18.2 Å². The average Bonchev–Trinajstić information content (AvgIpc) is 3.15. The van der Waals surface area contributed by atoms with E-state index in [4.69, 9.17) is 5.73 Å². The summed E-state index contributed by atoms with van der Waals surface area (Å²) in [6.45, 7) is 4.11. The van der Waals surface area contributed by atoms with Crippen LogP contribution in [0.1, 0.15) is 51.1 Å². The second-order valence-corrected chi connectivity index (χ2v) is 6.68. The number of carbonyl (C=O) groups excluding carboxylic acids is 1. The number of nitrogens with one attached hydrogen (secondary N) is 1. The topological polar surface area (TPSA) is 98.7 Å². The molecule has 2 aromatic heterocycles. The van der Waals surface area contributed by atoms with Crippen molar-refractivity contribution in [3.63, 3.8) is 0 Å². The van der Waals surface area contributed by atoms with Crippen LogP contribution >= 0.6 is 12.4 Å². The van der Waals surface area contributed by atoms with Gasteiger partial charge >= 0.3 is 0 Å². The molecule has 3 rings (SSSR count). The standard InChI is InChI=1S/C17H24N6O.ClH/c1-11(2)14-10-15(23(22-14)17-19-7-4-8-20-17)21-16(24)9-12-5-3-6-13(12)18;/h4,7-8,10-13H,3,5-6,9,18H2,1-2H3,(H,21,24);1H/t12-,13+;/m0./s1. The van der Waals surface area contributed by atoms with Gasteiger partial charge in [0.15, 0.2) is 0 Å². The molecule has 1 aliphatic rings. The molecule has 1 saturated carbocycles. The van der Waals surface area contributed by atoms with Crippen molar-refractivity contribution in [1.29, 1.82) is 0 Å². The molecule has 0 aromatic carbocycles. The van der Waals surface area contributed by atoms with E-state index in [1.54, 1.807) is 23.1 Å². The number of anilines is 1. The fourth-order valence-corrected chi connectivity index (χ4v) is 3.07. The van der Waals surface area contributed by atoms with E-state index in [1.165, 1.54) is 0 Å². The van der Waals surface area contributed by atoms with E-state index < -0.39 is 0 Å².